The van der Waals surface area contributed by atoms with Crippen molar-refractivity contribution in [3.05, 3.63) is 90.0 Å². The first-order valence-electron chi connectivity index (χ1n) is 10.2. The molecule has 158 valence electrons. The molecular formula is C25H18N2O5. The van der Waals surface area contributed by atoms with Crippen LogP contribution >= 0.6 is 0 Å². The fourth-order valence-corrected chi connectivity index (χ4v) is 4.03. The van der Waals surface area contributed by atoms with Gasteiger partial charge in [0.2, 0.25) is 5.91 Å². The van der Waals surface area contributed by atoms with Gasteiger partial charge < -0.3 is 9.64 Å². The van der Waals surface area contributed by atoms with E-state index >= 15 is 0 Å². The Labute approximate surface area is 183 Å². The Hall–Kier alpha value is -4.26. The van der Waals surface area contributed by atoms with Crippen LogP contribution in [0.1, 0.15) is 27.1 Å². The molecule has 3 amide bonds. The molecule has 7 nitrogen and oxygen atoms in total. The van der Waals surface area contributed by atoms with Crippen LogP contribution in [-0.4, -0.2) is 30.2 Å². The molecule has 1 atom stereocenters. The molecule has 1 fully saturated rings. The third-order valence-corrected chi connectivity index (χ3v) is 5.61. The second-order valence-electron chi connectivity index (χ2n) is 7.65. The SMILES string of the molecule is O=C(Oc1cccc(N2C(=O)c3ccccc3C2=O)c1)[C@@H]1CC(=O)N(c2ccccc2)C1. The lowest BCUT2D eigenvalue weighted by atomic mass is 10.1. The lowest BCUT2D eigenvalue weighted by molar-refractivity contribution is -0.139. The molecule has 3 aromatic carbocycles. The van der Waals surface area contributed by atoms with Gasteiger partial charge in [0, 0.05) is 24.7 Å². The van der Waals surface area contributed by atoms with Crippen LogP contribution in [0.25, 0.3) is 0 Å². The first-order chi connectivity index (χ1) is 15.5. The number of fused-ring (bicyclic) bond motifs is 1. The van der Waals surface area contributed by atoms with Gasteiger partial charge in [0.25, 0.3) is 11.8 Å². The van der Waals surface area contributed by atoms with Crippen LogP contribution in [-0.2, 0) is 9.59 Å². The van der Waals surface area contributed by atoms with Crippen molar-refractivity contribution < 1.29 is 23.9 Å². The number of nitrogens with zero attached hydrogens (tertiary/aromatic N) is 2. The van der Waals surface area contributed by atoms with E-state index in [0.29, 0.717) is 16.8 Å². The third kappa shape index (κ3) is 3.33. The summed E-state index contributed by atoms with van der Waals surface area (Å²) in [5.74, 6) is -1.92. The van der Waals surface area contributed by atoms with Gasteiger partial charge in [-0.05, 0) is 36.4 Å². The molecule has 0 aliphatic carbocycles. The standard InChI is InChI=1S/C25H18N2O5/c28-22-13-16(15-26(22)17-7-2-1-3-8-17)25(31)32-19-10-6-9-18(14-19)27-23(29)20-11-4-5-12-21(20)24(27)30/h1-12,14,16H,13,15H2/t16-/m1/s1. The lowest BCUT2D eigenvalue weighted by Crippen LogP contribution is -2.29. The average molecular weight is 426 g/mol. The van der Waals surface area contributed by atoms with Gasteiger partial charge in [0.15, 0.2) is 0 Å². The van der Waals surface area contributed by atoms with Crippen LogP contribution < -0.4 is 14.5 Å². The lowest BCUT2D eigenvalue weighted by Gasteiger charge is -2.17. The number of anilines is 2. The number of esters is 1. The van der Waals surface area contributed by atoms with Crippen molar-refractivity contribution in [2.45, 2.75) is 6.42 Å². The van der Waals surface area contributed by atoms with Crippen molar-refractivity contribution >= 4 is 35.1 Å². The summed E-state index contributed by atoms with van der Waals surface area (Å²) in [6, 6.07) is 22.0. The fourth-order valence-electron chi connectivity index (χ4n) is 4.03. The van der Waals surface area contributed by atoms with Crippen molar-refractivity contribution in [3.8, 4) is 5.75 Å². The van der Waals surface area contributed by atoms with E-state index in [9.17, 15) is 19.2 Å². The Balaban J connectivity index is 1.32. The van der Waals surface area contributed by atoms with E-state index in [1.54, 1.807) is 47.4 Å². The molecule has 1 saturated heterocycles. The van der Waals surface area contributed by atoms with Gasteiger partial charge in [-0.15, -0.1) is 0 Å². The number of para-hydroxylation sites is 1. The first kappa shape index (κ1) is 19.7. The van der Waals surface area contributed by atoms with Crippen molar-refractivity contribution in [2.75, 3.05) is 16.3 Å². The van der Waals surface area contributed by atoms with Gasteiger partial charge in [0.05, 0.1) is 22.7 Å². The molecule has 0 spiro atoms. The minimum Gasteiger partial charge on any atom is -0.426 e. The monoisotopic (exact) mass is 426 g/mol. The molecule has 3 aromatic rings. The topological polar surface area (TPSA) is 84.0 Å². The van der Waals surface area contributed by atoms with E-state index < -0.39 is 23.7 Å². The zero-order chi connectivity index (χ0) is 22.2. The van der Waals surface area contributed by atoms with Crippen molar-refractivity contribution in [1.82, 2.24) is 0 Å². The summed E-state index contributed by atoms with van der Waals surface area (Å²) < 4.78 is 5.51. The molecular weight excluding hydrogens is 408 g/mol. The highest BCUT2D eigenvalue weighted by atomic mass is 16.5. The van der Waals surface area contributed by atoms with Crippen LogP contribution in [0.2, 0.25) is 0 Å². The zero-order valence-electron chi connectivity index (χ0n) is 16.9. The number of hydrogen-bond donors (Lipinski definition) is 0. The summed E-state index contributed by atoms with van der Waals surface area (Å²) in [5.41, 5.74) is 1.73. The van der Waals surface area contributed by atoms with Gasteiger partial charge in [-0.2, -0.15) is 0 Å². The number of ether oxygens (including phenoxy) is 1. The van der Waals surface area contributed by atoms with Crippen molar-refractivity contribution in [2.24, 2.45) is 5.92 Å². The maximum atomic E-state index is 12.7. The number of carbonyl (C=O) groups is 4. The number of carbonyl (C=O) groups excluding carboxylic acids is 4. The van der Waals surface area contributed by atoms with Crippen LogP contribution in [0.15, 0.2) is 78.9 Å². The van der Waals surface area contributed by atoms with Crippen LogP contribution in [0.4, 0.5) is 11.4 Å². The number of amides is 3. The zero-order valence-corrected chi connectivity index (χ0v) is 16.9. The van der Waals surface area contributed by atoms with Gasteiger partial charge in [-0.1, -0.05) is 36.4 Å². The van der Waals surface area contributed by atoms with Crippen LogP contribution in [0.3, 0.4) is 0 Å². The van der Waals surface area contributed by atoms with E-state index in [0.717, 1.165) is 10.6 Å². The van der Waals surface area contributed by atoms with Gasteiger partial charge in [-0.3, -0.25) is 19.2 Å². The van der Waals surface area contributed by atoms with Crippen LogP contribution in [0, 0.1) is 5.92 Å². The number of hydrogen-bond acceptors (Lipinski definition) is 5. The summed E-state index contributed by atoms with van der Waals surface area (Å²) in [4.78, 5) is 53.2. The Kier molecular flexibility index (Phi) is 4.78. The third-order valence-electron chi connectivity index (χ3n) is 5.61. The molecule has 2 aliphatic heterocycles. The normalized spacial score (nSPS) is 17.6. The molecule has 0 bridgehead atoms. The van der Waals surface area contributed by atoms with E-state index in [1.807, 2.05) is 30.3 Å². The molecule has 2 heterocycles. The number of imide groups is 1. The maximum Gasteiger partial charge on any atom is 0.316 e. The van der Waals surface area contributed by atoms with E-state index in [1.165, 1.54) is 6.07 Å². The molecule has 7 heteroatoms. The predicted molar refractivity (Wildman–Crippen MR) is 117 cm³/mol. The smallest absolute Gasteiger partial charge is 0.316 e. The first-order valence-corrected chi connectivity index (χ1v) is 10.2. The second kappa shape index (κ2) is 7.77. The minimum absolute atomic E-state index is 0.0613. The fraction of sp³-hybridized carbons (Fsp3) is 0.120. The van der Waals surface area contributed by atoms with Crippen LogP contribution in [0.5, 0.6) is 5.75 Å². The summed E-state index contributed by atoms with van der Waals surface area (Å²) in [7, 11) is 0. The van der Waals surface area contributed by atoms with E-state index in [-0.39, 0.29) is 24.6 Å². The van der Waals surface area contributed by atoms with Gasteiger partial charge in [0.1, 0.15) is 5.75 Å². The summed E-state index contributed by atoms with van der Waals surface area (Å²) >= 11 is 0. The highest BCUT2D eigenvalue weighted by molar-refractivity contribution is 6.34. The summed E-state index contributed by atoms with van der Waals surface area (Å²) in [5, 5.41) is 0. The van der Waals surface area contributed by atoms with E-state index in [4.69, 9.17) is 4.74 Å². The second-order valence-corrected chi connectivity index (χ2v) is 7.65. The highest BCUT2D eigenvalue weighted by Gasteiger charge is 2.38. The van der Waals surface area contributed by atoms with Gasteiger partial charge >= 0.3 is 5.97 Å². The minimum atomic E-state index is -0.606. The van der Waals surface area contributed by atoms with Gasteiger partial charge in [-0.25, -0.2) is 4.90 Å². The largest absolute Gasteiger partial charge is 0.426 e. The Morgan fingerprint density at radius 2 is 1.41 bits per heavy atom. The Morgan fingerprint density at radius 1 is 0.781 bits per heavy atom. The summed E-state index contributed by atoms with van der Waals surface area (Å²) in [6.07, 6.45) is 0.0613. The predicted octanol–water partition coefficient (Wildman–Crippen LogP) is 3.45. The molecule has 32 heavy (non-hydrogen) atoms. The Bertz CT molecular complexity index is 1220. The molecule has 0 radical (unpaired) electrons. The Morgan fingerprint density at radius 3 is 2.09 bits per heavy atom. The molecule has 0 aromatic heterocycles. The quantitative estimate of drug-likeness (QED) is 0.363. The number of rotatable bonds is 4. The molecule has 0 saturated carbocycles. The average Bonchev–Trinajstić information content (AvgIpc) is 3.32. The molecule has 0 unspecified atom stereocenters. The van der Waals surface area contributed by atoms with Crippen molar-refractivity contribution in [1.29, 1.82) is 0 Å². The van der Waals surface area contributed by atoms with Crippen molar-refractivity contribution in [3.63, 3.8) is 0 Å². The maximum absolute atomic E-state index is 12.7. The molecule has 0 N–H and O–H groups in total. The molecule has 5 rings (SSSR count). The highest BCUT2D eigenvalue weighted by Crippen LogP contribution is 2.31. The summed E-state index contributed by atoms with van der Waals surface area (Å²) in [6.45, 7) is 0.236. The molecule has 2 aliphatic rings. The van der Waals surface area contributed by atoms with E-state index in [2.05, 4.69) is 0 Å². The number of benzene rings is 3.